The monoisotopic (exact) mass is 220 g/mol. The molecule has 0 amide bonds. The van der Waals surface area contributed by atoms with Crippen LogP contribution in [0.4, 0.5) is 0 Å². The summed E-state index contributed by atoms with van der Waals surface area (Å²) in [5.41, 5.74) is 0. The van der Waals surface area contributed by atoms with Gasteiger partial charge in [-0.15, -0.1) is 10.2 Å². The molecule has 0 aromatic carbocycles. The fourth-order valence-corrected chi connectivity index (χ4v) is 1.43. The van der Waals surface area contributed by atoms with Crippen LogP contribution >= 0.6 is 0 Å². The fraction of sp³-hybridized carbons (Fsp3) is 0.400. The normalized spacial score (nSPS) is 12.6. The highest BCUT2D eigenvalue weighted by Crippen LogP contribution is 2.14. The van der Waals surface area contributed by atoms with Crippen molar-refractivity contribution >= 4 is 11.7 Å². The van der Waals surface area contributed by atoms with Crippen molar-refractivity contribution in [2.75, 3.05) is 6.61 Å². The lowest BCUT2D eigenvalue weighted by Crippen LogP contribution is -2.15. The first-order chi connectivity index (χ1) is 7.74. The van der Waals surface area contributed by atoms with Crippen LogP contribution in [0.5, 0.6) is 0 Å². The van der Waals surface area contributed by atoms with Crippen LogP contribution in [0.15, 0.2) is 18.5 Å². The van der Waals surface area contributed by atoms with Crippen LogP contribution in [-0.4, -0.2) is 32.2 Å². The van der Waals surface area contributed by atoms with Gasteiger partial charge < -0.3 is 4.74 Å². The molecule has 16 heavy (non-hydrogen) atoms. The first-order valence-corrected chi connectivity index (χ1v) is 5.06. The zero-order valence-electron chi connectivity index (χ0n) is 9.12. The third-order valence-electron chi connectivity index (χ3n) is 2.24. The Bertz CT molecular complexity index is 508. The molecule has 0 fully saturated rings. The zero-order valence-corrected chi connectivity index (χ0v) is 9.12. The summed E-state index contributed by atoms with van der Waals surface area (Å²) in [6, 6.07) is 1.76. The van der Waals surface area contributed by atoms with E-state index in [1.54, 1.807) is 36.7 Å². The Morgan fingerprint density at radius 2 is 2.38 bits per heavy atom. The van der Waals surface area contributed by atoms with Crippen LogP contribution in [0.1, 0.15) is 25.6 Å². The highest BCUT2D eigenvalue weighted by molar-refractivity contribution is 5.76. The number of aromatic nitrogens is 4. The first-order valence-electron chi connectivity index (χ1n) is 5.06. The molecule has 2 heterocycles. The van der Waals surface area contributed by atoms with Gasteiger partial charge in [0, 0.05) is 12.4 Å². The lowest BCUT2D eigenvalue weighted by molar-refractivity contribution is -0.144. The molecular weight excluding hydrogens is 208 g/mol. The number of ether oxygens (including phenoxy) is 1. The van der Waals surface area contributed by atoms with Gasteiger partial charge >= 0.3 is 5.97 Å². The average molecular weight is 220 g/mol. The predicted octanol–water partition coefficient (Wildman–Crippen LogP) is 0.791. The van der Waals surface area contributed by atoms with Crippen molar-refractivity contribution in [1.82, 2.24) is 19.6 Å². The van der Waals surface area contributed by atoms with Crippen molar-refractivity contribution in [2.24, 2.45) is 0 Å². The van der Waals surface area contributed by atoms with Gasteiger partial charge in [0.05, 0.1) is 6.61 Å². The van der Waals surface area contributed by atoms with Crippen molar-refractivity contribution in [3.05, 3.63) is 24.3 Å². The van der Waals surface area contributed by atoms with E-state index in [0.29, 0.717) is 18.2 Å². The first kappa shape index (κ1) is 10.5. The van der Waals surface area contributed by atoms with Crippen LogP contribution in [0.3, 0.4) is 0 Å². The Hall–Kier alpha value is -1.98. The van der Waals surface area contributed by atoms with Gasteiger partial charge in [0.15, 0.2) is 5.82 Å². The Balaban J connectivity index is 2.36. The third-order valence-corrected chi connectivity index (χ3v) is 2.24. The number of esters is 1. The molecule has 2 rings (SSSR count). The van der Waals surface area contributed by atoms with Gasteiger partial charge in [-0.2, -0.15) is 0 Å². The number of carbonyl (C=O) groups excluding carboxylic acids is 1. The van der Waals surface area contributed by atoms with E-state index >= 15 is 0 Å². The van der Waals surface area contributed by atoms with Gasteiger partial charge in [-0.1, -0.05) is 0 Å². The van der Waals surface area contributed by atoms with E-state index in [2.05, 4.69) is 15.2 Å². The van der Waals surface area contributed by atoms with Crippen LogP contribution in [0, 0.1) is 0 Å². The molecule has 6 heteroatoms. The number of carbonyl (C=O) groups is 1. The molecule has 0 saturated carbocycles. The van der Waals surface area contributed by atoms with E-state index in [9.17, 15) is 4.79 Å². The SMILES string of the molecule is CCOC(=O)C(C)c1nnc2ncccn12. The molecule has 0 radical (unpaired) electrons. The quantitative estimate of drug-likeness (QED) is 0.715. The largest absolute Gasteiger partial charge is 0.465 e. The van der Waals surface area contributed by atoms with E-state index < -0.39 is 5.92 Å². The maximum Gasteiger partial charge on any atom is 0.316 e. The third kappa shape index (κ3) is 1.73. The number of rotatable bonds is 3. The van der Waals surface area contributed by atoms with Crippen molar-refractivity contribution in [1.29, 1.82) is 0 Å². The Morgan fingerprint density at radius 3 is 3.12 bits per heavy atom. The van der Waals surface area contributed by atoms with Crippen LogP contribution in [0.25, 0.3) is 5.78 Å². The summed E-state index contributed by atoms with van der Waals surface area (Å²) in [7, 11) is 0. The second-order valence-electron chi connectivity index (χ2n) is 3.32. The fourth-order valence-electron chi connectivity index (χ4n) is 1.43. The average Bonchev–Trinajstić information content (AvgIpc) is 2.72. The Labute approximate surface area is 92.3 Å². The summed E-state index contributed by atoms with van der Waals surface area (Å²) in [6.45, 7) is 3.87. The number of nitrogens with zero attached hydrogens (tertiary/aromatic N) is 4. The molecule has 0 saturated heterocycles. The molecule has 0 aliphatic heterocycles. The molecule has 84 valence electrons. The summed E-state index contributed by atoms with van der Waals surface area (Å²) in [4.78, 5) is 15.6. The van der Waals surface area contributed by atoms with Crippen LogP contribution < -0.4 is 0 Å². The van der Waals surface area contributed by atoms with E-state index in [1.807, 2.05) is 0 Å². The Kier molecular flexibility index (Phi) is 2.80. The van der Waals surface area contributed by atoms with Gasteiger partial charge in [-0.25, -0.2) is 4.98 Å². The summed E-state index contributed by atoms with van der Waals surface area (Å²) in [6.07, 6.45) is 3.40. The number of fused-ring (bicyclic) bond motifs is 1. The Morgan fingerprint density at radius 1 is 1.56 bits per heavy atom. The van der Waals surface area contributed by atoms with Crippen LogP contribution in [-0.2, 0) is 9.53 Å². The minimum Gasteiger partial charge on any atom is -0.465 e. The molecule has 0 bridgehead atoms. The summed E-state index contributed by atoms with van der Waals surface area (Å²) < 4.78 is 6.62. The number of hydrogen-bond acceptors (Lipinski definition) is 5. The molecule has 2 aromatic heterocycles. The van der Waals surface area contributed by atoms with Crippen molar-refractivity contribution in [3.8, 4) is 0 Å². The van der Waals surface area contributed by atoms with Crippen molar-refractivity contribution in [3.63, 3.8) is 0 Å². The molecule has 0 N–H and O–H groups in total. The maximum absolute atomic E-state index is 11.6. The van der Waals surface area contributed by atoms with Gasteiger partial charge in [0.2, 0.25) is 0 Å². The topological polar surface area (TPSA) is 69.4 Å². The minimum atomic E-state index is -0.445. The van der Waals surface area contributed by atoms with Crippen molar-refractivity contribution < 1.29 is 9.53 Å². The molecule has 1 unspecified atom stereocenters. The minimum absolute atomic E-state index is 0.305. The maximum atomic E-state index is 11.6. The molecule has 2 aromatic rings. The smallest absolute Gasteiger partial charge is 0.316 e. The van der Waals surface area contributed by atoms with E-state index in [0.717, 1.165) is 0 Å². The summed E-state index contributed by atoms with van der Waals surface area (Å²) in [5, 5.41) is 7.82. The van der Waals surface area contributed by atoms with Crippen molar-refractivity contribution in [2.45, 2.75) is 19.8 Å². The lowest BCUT2D eigenvalue weighted by atomic mass is 10.2. The van der Waals surface area contributed by atoms with Gasteiger partial charge in [0.1, 0.15) is 5.92 Å². The molecule has 0 spiro atoms. The van der Waals surface area contributed by atoms with Gasteiger partial charge in [-0.3, -0.25) is 9.20 Å². The predicted molar refractivity (Wildman–Crippen MR) is 55.8 cm³/mol. The molecule has 0 aliphatic carbocycles. The van der Waals surface area contributed by atoms with Gasteiger partial charge in [0.25, 0.3) is 5.78 Å². The number of hydrogen-bond donors (Lipinski definition) is 0. The van der Waals surface area contributed by atoms with E-state index in [1.165, 1.54) is 0 Å². The molecule has 0 aliphatic rings. The molecule has 1 atom stereocenters. The van der Waals surface area contributed by atoms with Gasteiger partial charge in [-0.05, 0) is 19.9 Å². The second kappa shape index (κ2) is 4.26. The molecular formula is C10H12N4O2. The van der Waals surface area contributed by atoms with E-state index in [-0.39, 0.29) is 5.97 Å². The highest BCUT2D eigenvalue weighted by Gasteiger charge is 2.22. The zero-order chi connectivity index (χ0) is 11.5. The lowest BCUT2D eigenvalue weighted by Gasteiger charge is -2.07. The summed E-state index contributed by atoms with van der Waals surface area (Å²) in [5.74, 6) is 0.273. The molecule has 6 nitrogen and oxygen atoms in total. The van der Waals surface area contributed by atoms with E-state index in [4.69, 9.17) is 4.74 Å². The second-order valence-corrected chi connectivity index (χ2v) is 3.32. The standard InChI is InChI=1S/C10H12N4O2/c1-3-16-9(15)7(2)8-12-13-10-11-5-4-6-14(8)10/h4-7H,3H2,1-2H3. The highest BCUT2D eigenvalue weighted by atomic mass is 16.5. The summed E-state index contributed by atoms with van der Waals surface area (Å²) >= 11 is 0. The van der Waals surface area contributed by atoms with Crippen LogP contribution in [0.2, 0.25) is 0 Å².